The average Bonchev–Trinajstić information content (AvgIpc) is 2.40. The Hall–Kier alpha value is -0.420. The number of carbonyl (C=O) groups excluding carboxylic acids is 1. The van der Waals surface area contributed by atoms with E-state index in [9.17, 15) is 13.2 Å². The van der Waals surface area contributed by atoms with E-state index in [2.05, 4.69) is 0 Å². The maximum Gasteiger partial charge on any atom is 0.265 e. The first kappa shape index (κ1) is 10.1. The van der Waals surface area contributed by atoms with Crippen LogP contribution in [0.3, 0.4) is 0 Å². The van der Waals surface area contributed by atoms with Gasteiger partial charge in [0.15, 0.2) is 0 Å². The molecule has 1 N–H and O–H groups in total. The first-order valence-electron chi connectivity index (χ1n) is 4.84. The Morgan fingerprint density at radius 2 is 2.21 bits per heavy atom. The molecule has 2 aliphatic rings. The van der Waals surface area contributed by atoms with Crippen molar-refractivity contribution in [2.24, 2.45) is 17.3 Å². The van der Waals surface area contributed by atoms with Gasteiger partial charge in [-0.2, -0.15) is 8.42 Å². The van der Waals surface area contributed by atoms with E-state index in [1.54, 1.807) is 0 Å². The highest BCUT2D eigenvalue weighted by atomic mass is 32.2. The smallest absolute Gasteiger partial charge is 0.265 e. The highest BCUT2D eigenvalue weighted by molar-refractivity contribution is 7.85. The van der Waals surface area contributed by atoms with E-state index in [1.807, 2.05) is 6.92 Å². The van der Waals surface area contributed by atoms with Gasteiger partial charge in [0.05, 0.1) is 5.75 Å². The standard InChI is InChI=1S/C9H14O4S/c1-6-7-2-3-9(6,8(10)4-7)5-14(11,12)13/h6-7H,2-5H2,1H3,(H,11,12,13). The molecule has 0 heterocycles. The number of fused-ring (bicyclic) bond motifs is 2. The minimum absolute atomic E-state index is 0.0267. The van der Waals surface area contributed by atoms with Crippen LogP contribution >= 0.6 is 0 Å². The fourth-order valence-corrected chi connectivity index (χ4v) is 4.31. The van der Waals surface area contributed by atoms with Gasteiger partial charge in [-0.1, -0.05) is 6.92 Å². The summed E-state index contributed by atoms with van der Waals surface area (Å²) in [5.74, 6) is 0.0938. The number of Topliss-reactive ketones (excluding diaryl/α,β-unsaturated/α-hetero) is 1. The van der Waals surface area contributed by atoms with Gasteiger partial charge in [0, 0.05) is 11.8 Å². The molecule has 0 aromatic carbocycles. The third kappa shape index (κ3) is 1.30. The summed E-state index contributed by atoms with van der Waals surface area (Å²) in [7, 11) is -4.04. The molecule has 3 unspecified atom stereocenters. The van der Waals surface area contributed by atoms with E-state index in [0.717, 1.165) is 6.42 Å². The van der Waals surface area contributed by atoms with Gasteiger partial charge < -0.3 is 0 Å². The third-order valence-corrected chi connectivity index (χ3v) is 4.86. The zero-order valence-electron chi connectivity index (χ0n) is 8.06. The molecular formula is C9H14O4S. The van der Waals surface area contributed by atoms with Gasteiger partial charge >= 0.3 is 0 Å². The second-order valence-corrected chi connectivity index (χ2v) is 6.05. The van der Waals surface area contributed by atoms with Crippen molar-refractivity contribution in [2.75, 3.05) is 5.75 Å². The molecule has 0 amide bonds. The Morgan fingerprint density at radius 1 is 1.57 bits per heavy atom. The number of ketones is 1. The van der Waals surface area contributed by atoms with Gasteiger partial charge in [0.1, 0.15) is 5.78 Å². The molecule has 2 fully saturated rings. The van der Waals surface area contributed by atoms with Crippen molar-refractivity contribution in [2.45, 2.75) is 26.2 Å². The van der Waals surface area contributed by atoms with Crippen LogP contribution in [0.4, 0.5) is 0 Å². The van der Waals surface area contributed by atoms with Crippen LogP contribution in [0, 0.1) is 17.3 Å². The molecule has 0 spiro atoms. The molecule has 2 bridgehead atoms. The van der Waals surface area contributed by atoms with Crippen LogP contribution in [0.2, 0.25) is 0 Å². The van der Waals surface area contributed by atoms with Crippen LogP contribution in [0.1, 0.15) is 26.2 Å². The van der Waals surface area contributed by atoms with Gasteiger partial charge in [0.2, 0.25) is 0 Å². The predicted octanol–water partition coefficient (Wildman–Crippen LogP) is 0.879. The van der Waals surface area contributed by atoms with Gasteiger partial charge in [0.25, 0.3) is 10.1 Å². The Kier molecular flexibility index (Phi) is 2.02. The lowest BCUT2D eigenvalue weighted by molar-refractivity contribution is -0.126. The van der Waals surface area contributed by atoms with Crippen LogP contribution in [-0.4, -0.2) is 24.5 Å². The Balaban J connectivity index is 2.34. The molecule has 2 aliphatic carbocycles. The molecule has 0 aromatic heterocycles. The van der Waals surface area contributed by atoms with Gasteiger partial charge in [-0.3, -0.25) is 9.35 Å². The molecular weight excluding hydrogens is 204 g/mol. The molecule has 4 nitrogen and oxygen atoms in total. The van der Waals surface area contributed by atoms with Crippen LogP contribution < -0.4 is 0 Å². The van der Waals surface area contributed by atoms with Crippen LogP contribution in [0.15, 0.2) is 0 Å². The molecule has 2 saturated carbocycles. The molecule has 5 heteroatoms. The van der Waals surface area contributed by atoms with E-state index >= 15 is 0 Å². The number of rotatable bonds is 2. The molecule has 0 aromatic rings. The predicted molar refractivity (Wildman–Crippen MR) is 50.4 cm³/mol. The molecule has 0 aliphatic heterocycles. The zero-order chi connectivity index (χ0) is 10.6. The first-order valence-corrected chi connectivity index (χ1v) is 6.44. The van der Waals surface area contributed by atoms with Gasteiger partial charge in [-0.25, -0.2) is 0 Å². The molecule has 2 rings (SSSR count). The minimum atomic E-state index is -4.04. The number of hydrogen-bond donors (Lipinski definition) is 1. The van der Waals surface area contributed by atoms with Crippen molar-refractivity contribution in [1.82, 2.24) is 0 Å². The molecule has 0 radical (unpaired) electrons. The van der Waals surface area contributed by atoms with Crippen molar-refractivity contribution in [1.29, 1.82) is 0 Å². The third-order valence-electron chi connectivity index (χ3n) is 3.98. The highest BCUT2D eigenvalue weighted by Gasteiger charge is 2.58. The maximum absolute atomic E-state index is 11.7. The van der Waals surface area contributed by atoms with Crippen LogP contribution in [0.5, 0.6) is 0 Å². The SMILES string of the molecule is CC1C2CCC1(CS(=O)(=O)O)C(=O)C2. The van der Waals surface area contributed by atoms with Crippen molar-refractivity contribution in [3.8, 4) is 0 Å². The van der Waals surface area contributed by atoms with Crippen molar-refractivity contribution in [3.63, 3.8) is 0 Å². The summed E-state index contributed by atoms with van der Waals surface area (Å²) in [6.45, 7) is 1.92. The Bertz CT molecular complexity index is 372. The Morgan fingerprint density at radius 3 is 2.57 bits per heavy atom. The number of carbonyl (C=O) groups is 1. The fourth-order valence-electron chi connectivity index (χ4n) is 3.09. The average molecular weight is 218 g/mol. The topological polar surface area (TPSA) is 71.4 Å². The summed E-state index contributed by atoms with van der Waals surface area (Å²) in [6.07, 6.45) is 2.04. The highest BCUT2D eigenvalue weighted by Crippen LogP contribution is 2.56. The molecule has 3 atom stereocenters. The van der Waals surface area contributed by atoms with Crippen molar-refractivity contribution < 1.29 is 17.8 Å². The van der Waals surface area contributed by atoms with E-state index in [1.165, 1.54) is 0 Å². The normalized spacial score (nSPS) is 42.0. The molecule has 0 saturated heterocycles. The lowest BCUT2D eigenvalue weighted by Crippen LogP contribution is -2.36. The summed E-state index contributed by atoms with van der Waals surface area (Å²) < 4.78 is 30.6. The molecule has 14 heavy (non-hydrogen) atoms. The zero-order valence-corrected chi connectivity index (χ0v) is 8.88. The summed E-state index contributed by atoms with van der Waals surface area (Å²) in [5.41, 5.74) is -0.766. The maximum atomic E-state index is 11.7. The summed E-state index contributed by atoms with van der Waals surface area (Å²) in [6, 6.07) is 0. The number of hydrogen-bond acceptors (Lipinski definition) is 3. The summed E-state index contributed by atoms with van der Waals surface area (Å²) >= 11 is 0. The summed E-state index contributed by atoms with van der Waals surface area (Å²) in [5, 5.41) is 0. The molecule has 80 valence electrons. The van der Waals surface area contributed by atoms with Gasteiger partial charge in [-0.05, 0) is 24.7 Å². The van der Waals surface area contributed by atoms with Crippen molar-refractivity contribution >= 4 is 15.9 Å². The Labute approximate surface area is 83.4 Å². The van der Waals surface area contributed by atoms with E-state index in [4.69, 9.17) is 4.55 Å². The minimum Gasteiger partial charge on any atom is -0.299 e. The van der Waals surface area contributed by atoms with E-state index in [0.29, 0.717) is 18.8 Å². The van der Waals surface area contributed by atoms with E-state index in [-0.39, 0.29) is 17.5 Å². The quantitative estimate of drug-likeness (QED) is 0.698. The monoisotopic (exact) mass is 218 g/mol. The lowest BCUT2D eigenvalue weighted by atomic mass is 9.81. The largest absolute Gasteiger partial charge is 0.299 e. The van der Waals surface area contributed by atoms with Gasteiger partial charge in [-0.15, -0.1) is 0 Å². The van der Waals surface area contributed by atoms with Crippen LogP contribution in [0.25, 0.3) is 0 Å². The van der Waals surface area contributed by atoms with E-state index < -0.39 is 15.5 Å². The lowest BCUT2D eigenvalue weighted by Gasteiger charge is -2.26. The summed E-state index contributed by atoms with van der Waals surface area (Å²) in [4.78, 5) is 11.7. The first-order chi connectivity index (χ1) is 6.35. The second-order valence-electron chi connectivity index (χ2n) is 4.60. The second kappa shape index (κ2) is 2.79. The fraction of sp³-hybridized carbons (Fsp3) is 0.889. The van der Waals surface area contributed by atoms with Crippen molar-refractivity contribution in [3.05, 3.63) is 0 Å². The van der Waals surface area contributed by atoms with Crippen LogP contribution in [-0.2, 0) is 14.9 Å².